The predicted octanol–water partition coefficient (Wildman–Crippen LogP) is 5.25. The van der Waals surface area contributed by atoms with Crippen LogP contribution >= 0.6 is 11.8 Å². The SMILES string of the molecule is Cc1nn(C)cc1CN1CCC(c2ccc(F)cc2F)Sc2ccccc21. The molecule has 1 atom stereocenters. The molecule has 1 aliphatic rings. The van der Waals surface area contributed by atoms with E-state index in [1.54, 1.807) is 17.8 Å². The summed E-state index contributed by atoms with van der Waals surface area (Å²) in [6.45, 7) is 3.57. The minimum absolute atomic E-state index is 0.0493. The number of aromatic nitrogens is 2. The lowest BCUT2D eigenvalue weighted by molar-refractivity contribution is 0.567. The summed E-state index contributed by atoms with van der Waals surface area (Å²) in [7, 11) is 1.93. The first-order valence-corrected chi connectivity index (χ1v) is 9.84. The van der Waals surface area contributed by atoms with Gasteiger partial charge in [0.05, 0.1) is 11.4 Å². The molecule has 0 spiro atoms. The lowest BCUT2D eigenvalue weighted by Gasteiger charge is -2.24. The number of aryl methyl sites for hydroxylation is 2. The fourth-order valence-corrected chi connectivity index (χ4v) is 4.90. The van der Waals surface area contributed by atoms with Crippen molar-refractivity contribution in [3.63, 3.8) is 0 Å². The molecular weight excluding hydrogens is 364 g/mol. The van der Waals surface area contributed by atoms with Crippen molar-refractivity contribution < 1.29 is 8.78 Å². The van der Waals surface area contributed by atoms with Gasteiger partial charge in [0.1, 0.15) is 11.6 Å². The summed E-state index contributed by atoms with van der Waals surface area (Å²) in [6, 6.07) is 12.1. The normalized spacial score (nSPS) is 16.9. The number of thioether (sulfide) groups is 1. The first-order chi connectivity index (χ1) is 13.0. The van der Waals surface area contributed by atoms with Crippen LogP contribution in [-0.4, -0.2) is 16.3 Å². The van der Waals surface area contributed by atoms with E-state index in [-0.39, 0.29) is 5.25 Å². The molecule has 0 N–H and O–H groups in total. The van der Waals surface area contributed by atoms with Crippen molar-refractivity contribution in [2.45, 2.75) is 30.0 Å². The van der Waals surface area contributed by atoms with Crippen LogP contribution in [0.25, 0.3) is 0 Å². The molecule has 6 heteroatoms. The van der Waals surface area contributed by atoms with E-state index in [2.05, 4.69) is 22.1 Å². The standard InChI is InChI=1S/C21H21F2N3S/c1-14-15(12-25(2)24-14)13-26-10-9-20(17-8-7-16(22)11-18(17)23)27-21-6-4-3-5-19(21)26/h3-8,11-12,20H,9-10,13H2,1-2H3. The second kappa shape index (κ2) is 7.35. The van der Waals surface area contributed by atoms with E-state index in [0.717, 1.165) is 41.9 Å². The molecule has 3 aromatic rings. The number of para-hydroxylation sites is 1. The molecule has 0 bridgehead atoms. The molecule has 1 unspecified atom stereocenters. The van der Waals surface area contributed by atoms with Crippen LogP contribution in [0, 0.1) is 18.6 Å². The Bertz CT molecular complexity index is 970. The Balaban J connectivity index is 1.66. The maximum absolute atomic E-state index is 14.4. The molecule has 0 amide bonds. The lowest BCUT2D eigenvalue weighted by Crippen LogP contribution is -2.24. The molecule has 0 aliphatic carbocycles. The zero-order valence-corrected chi connectivity index (χ0v) is 16.1. The van der Waals surface area contributed by atoms with Crippen LogP contribution in [0.15, 0.2) is 53.6 Å². The van der Waals surface area contributed by atoms with E-state index in [4.69, 9.17) is 0 Å². The molecular formula is C21H21F2N3S. The summed E-state index contributed by atoms with van der Waals surface area (Å²) in [4.78, 5) is 3.44. The summed E-state index contributed by atoms with van der Waals surface area (Å²) in [5.74, 6) is -1.01. The predicted molar refractivity (Wildman–Crippen MR) is 105 cm³/mol. The fourth-order valence-electron chi connectivity index (χ4n) is 3.58. The van der Waals surface area contributed by atoms with Gasteiger partial charge < -0.3 is 4.90 Å². The molecule has 3 nitrogen and oxygen atoms in total. The van der Waals surface area contributed by atoms with Crippen molar-refractivity contribution in [2.24, 2.45) is 7.05 Å². The quantitative estimate of drug-likeness (QED) is 0.614. The highest BCUT2D eigenvalue weighted by Crippen LogP contribution is 2.46. The molecule has 4 rings (SSSR count). The number of benzene rings is 2. The van der Waals surface area contributed by atoms with Crippen LogP contribution in [0.3, 0.4) is 0 Å². The minimum Gasteiger partial charge on any atom is -0.366 e. The highest BCUT2D eigenvalue weighted by Gasteiger charge is 2.25. The van der Waals surface area contributed by atoms with E-state index < -0.39 is 11.6 Å². The zero-order valence-electron chi connectivity index (χ0n) is 15.3. The minimum atomic E-state index is -0.538. The number of hydrogen-bond acceptors (Lipinski definition) is 3. The van der Waals surface area contributed by atoms with Crippen LogP contribution in [0.4, 0.5) is 14.5 Å². The maximum Gasteiger partial charge on any atom is 0.130 e. The second-order valence-corrected chi connectivity index (χ2v) is 8.11. The number of rotatable bonds is 3. The first kappa shape index (κ1) is 18.0. The van der Waals surface area contributed by atoms with Gasteiger partial charge in [-0.2, -0.15) is 5.10 Å². The van der Waals surface area contributed by atoms with Crippen molar-refractivity contribution in [2.75, 3.05) is 11.4 Å². The third-order valence-corrected chi connectivity index (χ3v) is 6.30. The maximum atomic E-state index is 14.4. The third kappa shape index (κ3) is 3.72. The summed E-state index contributed by atoms with van der Waals surface area (Å²) >= 11 is 1.65. The van der Waals surface area contributed by atoms with Crippen molar-refractivity contribution in [1.29, 1.82) is 0 Å². The average molecular weight is 385 g/mol. The summed E-state index contributed by atoms with van der Waals surface area (Å²) in [6.07, 6.45) is 2.83. The second-order valence-electron chi connectivity index (χ2n) is 6.86. The number of fused-ring (bicyclic) bond motifs is 1. The molecule has 1 aromatic heterocycles. The molecule has 1 aliphatic heterocycles. The van der Waals surface area contributed by atoms with Crippen LogP contribution in [-0.2, 0) is 13.6 Å². The first-order valence-electron chi connectivity index (χ1n) is 8.96. The number of nitrogens with zero attached hydrogens (tertiary/aromatic N) is 3. The molecule has 0 fully saturated rings. The monoisotopic (exact) mass is 385 g/mol. The third-order valence-electron chi connectivity index (χ3n) is 4.92. The largest absolute Gasteiger partial charge is 0.366 e. The smallest absolute Gasteiger partial charge is 0.130 e. The van der Waals surface area contributed by atoms with E-state index in [9.17, 15) is 8.78 Å². The lowest BCUT2D eigenvalue weighted by atomic mass is 10.1. The van der Waals surface area contributed by atoms with Gasteiger partial charge >= 0.3 is 0 Å². The van der Waals surface area contributed by atoms with Gasteiger partial charge in [-0.1, -0.05) is 18.2 Å². The van der Waals surface area contributed by atoms with Crippen molar-refractivity contribution in [3.8, 4) is 0 Å². The van der Waals surface area contributed by atoms with Crippen molar-refractivity contribution in [3.05, 3.63) is 77.1 Å². The van der Waals surface area contributed by atoms with Gasteiger partial charge in [0, 0.05) is 53.7 Å². The van der Waals surface area contributed by atoms with Crippen LogP contribution in [0.1, 0.15) is 28.5 Å². The van der Waals surface area contributed by atoms with E-state index in [0.29, 0.717) is 5.56 Å². The molecule has 0 radical (unpaired) electrons. The topological polar surface area (TPSA) is 21.1 Å². The molecule has 2 heterocycles. The van der Waals surface area contributed by atoms with Gasteiger partial charge in [-0.15, -0.1) is 11.8 Å². The van der Waals surface area contributed by atoms with Crippen molar-refractivity contribution in [1.82, 2.24) is 9.78 Å². The average Bonchev–Trinajstić information content (AvgIpc) is 2.84. The summed E-state index contributed by atoms with van der Waals surface area (Å²) in [5, 5.41) is 4.39. The zero-order chi connectivity index (χ0) is 19.0. The van der Waals surface area contributed by atoms with Crippen LogP contribution in [0.5, 0.6) is 0 Å². The highest BCUT2D eigenvalue weighted by molar-refractivity contribution is 7.99. The fraction of sp³-hybridized carbons (Fsp3) is 0.286. The Morgan fingerprint density at radius 3 is 2.74 bits per heavy atom. The Morgan fingerprint density at radius 2 is 2.00 bits per heavy atom. The Labute approximate surface area is 162 Å². The Kier molecular flexibility index (Phi) is 4.91. The Hall–Kier alpha value is -2.34. The summed E-state index contributed by atoms with van der Waals surface area (Å²) in [5.41, 5.74) is 3.92. The van der Waals surface area contributed by atoms with Gasteiger partial charge in [-0.25, -0.2) is 8.78 Å². The van der Waals surface area contributed by atoms with Crippen LogP contribution < -0.4 is 4.90 Å². The highest BCUT2D eigenvalue weighted by atomic mass is 32.2. The number of anilines is 1. The van der Waals surface area contributed by atoms with Gasteiger partial charge in [0.2, 0.25) is 0 Å². The number of hydrogen-bond donors (Lipinski definition) is 0. The Morgan fingerprint density at radius 1 is 1.19 bits per heavy atom. The van der Waals surface area contributed by atoms with Gasteiger partial charge in [-0.05, 0) is 31.5 Å². The van der Waals surface area contributed by atoms with Gasteiger partial charge in [0.15, 0.2) is 0 Å². The van der Waals surface area contributed by atoms with E-state index in [1.807, 2.05) is 37.0 Å². The molecule has 0 saturated carbocycles. The van der Waals surface area contributed by atoms with Gasteiger partial charge in [0.25, 0.3) is 0 Å². The van der Waals surface area contributed by atoms with Crippen LogP contribution in [0.2, 0.25) is 0 Å². The van der Waals surface area contributed by atoms with Crippen molar-refractivity contribution >= 4 is 17.4 Å². The van der Waals surface area contributed by atoms with Gasteiger partial charge in [-0.3, -0.25) is 4.68 Å². The van der Waals surface area contributed by atoms with E-state index >= 15 is 0 Å². The van der Waals surface area contributed by atoms with E-state index in [1.165, 1.54) is 11.6 Å². The summed E-state index contributed by atoms with van der Waals surface area (Å²) < 4.78 is 29.5. The molecule has 27 heavy (non-hydrogen) atoms. The molecule has 2 aromatic carbocycles. The number of halogens is 2. The molecule has 140 valence electrons. The molecule has 0 saturated heterocycles.